The van der Waals surface area contributed by atoms with Gasteiger partial charge in [-0.2, -0.15) is 4.98 Å². The van der Waals surface area contributed by atoms with E-state index in [9.17, 15) is 4.79 Å². The Balaban J connectivity index is 2.30. The van der Waals surface area contributed by atoms with Crippen molar-refractivity contribution in [3.8, 4) is 5.19 Å². The van der Waals surface area contributed by atoms with Gasteiger partial charge in [0, 0.05) is 13.1 Å². The highest BCUT2D eigenvalue weighted by atomic mass is 32.1. The Kier molecular flexibility index (Phi) is 2.18. The maximum atomic E-state index is 10.7. The van der Waals surface area contributed by atoms with Crippen molar-refractivity contribution in [3.05, 3.63) is 4.88 Å². The lowest BCUT2D eigenvalue weighted by Crippen LogP contribution is -2.37. The smallest absolute Gasteiger partial charge is 0.275 e. The van der Waals surface area contributed by atoms with Crippen LogP contribution in [-0.4, -0.2) is 31.5 Å². The fourth-order valence-electron chi connectivity index (χ4n) is 1.22. The van der Waals surface area contributed by atoms with Gasteiger partial charge in [-0.3, -0.25) is 4.79 Å². The summed E-state index contributed by atoms with van der Waals surface area (Å²) in [6, 6.07) is 0. The van der Waals surface area contributed by atoms with E-state index in [-0.39, 0.29) is 0 Å². The average Bonchev–Trinajstić information content (AvgIpc) is 2.45. The number of aromatic nitrogens is 1. The zero-order valence-electron chi connectivity index (χ0n) is 7.32. The minimum atomic E-state index is 0.559. The van der Waals surface area contributed by atoms with Crippen molar-refractivity contribution < 1.29 is 9.53 Å². The Labute approximate surface area is 80.1 Å². The molecule has 0 atom stereocenters. The number of hydrogen-bond donors (Lipinski definition) is 0. The molecule has 1 fully saturated rings. The summed E-state index contributed by atoms with van der Waals surface area (Å²) in [6.07, 6.45) is 2.02. The number of ether oxygens (including phenoxy) is 1. The number of carbonyl (C=O) groups excluding carboxylic acids is 1. The molecule has 0 spiro atoms. The molecule has 0 amide bonds. The van der Waals surface area contributed by atoms with Crippen molar-refractivity contribution in [1.82, 2.24) is 4.98 Å². The molecule has 2 rings (SSSR count). The lowest BCUT2D eigenvalue weighted by Gasteiger charge is -2.31. The van der Waals surface area contributed by atoms with E-state index in [1.807, 2.05) is 0 Å². The summed E-state index contributed by atoms with van der Waals surface area (Å²) in [5.41, 5.74) is 0. The van der Waals surface area contributed by atoms with Gasteiger partial charge in [0.15, 0.2) is 12.1 Å². The molecule has 5 heteroatoms. The van der Waals surface area contributed by atoms with Crippen LogP contribution < -0.4 is 9.64 Å². The second-order valence-corrected chi connectivity index (χ2v) is 3.82. The van der Waals surface area contributed by atoms with E-state index in [4.69, 9.17) is 4.74 Å². The minimum absolute atomic E-state index is 0.559. The van der Waals surface area contributed by atoms with E-state index in [2.05, 4.69) is 9.88 Å². The fraction of sp³-hybridized carbons (Fsp3) is 0.500. The second kappa shape index (κ2) is 3.33. The molecule has 0 saturated carbocycles. The van der Waals surface area contributed by atoms with Crippen LogP contribution in [0.15, 0.2) is 0 Å². The van der Waals surface area contributed by atoms with Crippen LogP contribution >= 0.6 is 11.3 Å². The van der Waals surface area contributed by atoms with E-state index in [0.717, 1.165) is 25.2 Å². The molecular weight excluding hydrogens is 188 g/mol. The number of nitrogens with zero attached hydrogens (tertiary/aromatic N) is 2. The van der Waals surface area contributed by atoms with Gasteiger partial charge in [-0.05, 0) is 6.42 Å². The number of aldehydes is 1. The van der Waals surface area contributed by atoms with Gasteiger partial charge in [0.25, 0.3) is 5.19 Å². The Morgan fingerprint density at radius 2 is 2.38 bits per heavy atom. The number of anilines is 1. The summed E-state index contributed by atoms with van der Waals surface area (Å²) in [5, 5.41) is 0.559. The molecule has 0 unspecified atom stereocenters. The van der Waals surface area contributed by atoms with Crippen LogP contribution in [0.4, 0.5) is 5.82 Å². The van der Waals surface area contributed by atoms with Gasteiger partial charge in [-0.1, -0.05) is 11.3 Å². The lowest BCUT2D eigenvalue weighted by molar-refractivity contribution is 0.112. The van der Waals surface area contributed by atoms with Crippen LogP contribution in [0.25, 0.3) is 0 Å². The van der Waals surface area contributed by atoms with Crippen molar-refractivity contribution in [1.29, 1.82) is 0 Å². The van der Waals surface area contributed by atoms with Crippen molar-refractivity contribution >= 4 is 23.4 Å². The lowest BCUT2D eigenvalue weighted by atomic mass is 10.2. The summed E-state index contributed by atoms with van der Waals surface area (Å²) in [5.74, 6) is 0.781. The van der Waals surface area contributed by atoms with E-state index in [0.29, 0.717) is 10.1 Å². The summed E-state index contributed by atoms with van der Waals surface area (Å²) in [7, 11) is 1.56. The average molecular weight is 198 g/mol. The van der Waals surface area contributed by atoms with Gasteiger partial charge in [0.05, 0.1) is 7.11 Å². The zero-order valence-corrected chi connectivity index (χ0v) is 8.13. The predicted molar refractivity (Wildman–Crippen MR) is 50.9 cm³/mol. The predicted octanol–water partition coefficient (Wildman–Crippen LogP) is 1.17. The number of hydrogen-bond acceptors (Lipinski definition) is 5. The summed E-state index contributed by atoms with van der Waals surface area (Å²) in [4.78, 5) is 17.7. The molecule has 0 radical (unpaired) electrons. The molecule has 0 bridgehead atoms. The number of methoxy groups -OCH3 is 1. The highest BCUT2D eigenvalue weighted by Crippen LogP contribution is 2.31. The largest absolute Gasteiger partial charge is 0.473 e. The van der Waals surface area contributed by atoms with E-state index in [1.165, 1.54) is 17.8 Å². The third kappa shape index (κ3) is 1.39. The first-order valence-electron chi connectivity index (χ1n) is 4.10. The molecule has 2 heterocycles. The van der Waals surface area contributed by atoms with Gasteiger partial charge < -0.3 is 9.64 Å². The van der Waals surface area contributed by atoms with Crippen molar-refractivity contribution in [3.63, 3.8) is 0 Å². The summed E-state index contributed by atoms with van der Waals surface area (Å²) < 4.78 is 4.98. The standard InChI is InChI=1S/C8H10N2O2S/c1-12-8-9-7(6(5-11)13-8)10-3-2-4-10/h5H,2-4H2,1H3. The molecule has 1 aliphatic rings. The maximum absolute atomic E-state index is 10.7. The summed E-state index contributed by atoms with van der Waals surface area (Å²) >= 11 is 1.29. The fourth-order valence-corrected chi connectivity index (χ4v) is 1.94. The monoisotopic (exact) mass is 198 g/mol. The molecule has 4 nitrogen and oxygen atoms in total. The highest BCUT2D eigenvalue weighted by molar-refractivity contribution is 7.15. The van der Waals surface area contributed by atoms with E-state index < -0.39 is 0 Å². The molecule has 0 aliphatic carbocycles. The topological polar surface area (TPSA) is 42.4 Å². The van der Waals surface area contributed by atoms with Crippen LogP contribution in [0.1, 0.15) is 16.1 Å². The number of thiazole rings is 1. The highest BCUT2D eigenvalue weighted by Gasteiger charge is 2.22. The zero-order chi connectivity index (χ0) is 9.26. The van der Waals surface area contributed by atoms with Gasteiger partial charge >= 0.3 is 0 Å². The summed E-state index contributed by atoms with van der Waals surface area (Å²) in [6.45, 7) is 1.99. The SMILES string of the molecule is COc1nc(N2CCC2)c(C=O)s1. The van der Waals surface area contributed by atoms with Gasteiger partial charge in [0.1, 0.15) is 4.88 Å². The first-order valence-corrected chi connectivity index (χ1v) is 4.91. The minimum Gasteiger partial charge on any atom is -0.473 e. The van der Waals surface area contributed by atoms with Crippen LogP contribution in [-0.2, 0) is 0 Å². The number of carbonyl (C=O) groups is 1. The molecule has 70 valence electrons. The normalized spacial score (nSPS) is 15.3. The van der Waals surface area contributed by atoms with Crippen LogP contribution in [0.3, 0.4) is 0 Å². The Bertz CT molecular complexity index is 320. The molecule has 0 aromatic carbocycles. The van der Waals surface area contributed by atoms with Gasteiger partial charge in [-0.25, -0.2) is 0 Å². The molecule has 1 aromatic heterocycles. The van der Waals surface area contributed by atoms with E-state index in [1.54, 1.807) is 7.11 Å². The Morgan fingerprint density at radius 1 is 1.62 bits per heavy atom. The quantitative estimate of drug-likeness (QED) is 0.684. The third-order valence-corrected chi connectivity index (χ3v) is 2.98. The van der Waals surface area contributed by atoms with Crippen LogP contribution in [0.2, 0.25) is 0 Å². The first kappa shape index (κ1) is 8.50. The molecule has 13 heavy (non-hydrogen) atoms. The van der Waals surface area contributed by atoms with Crippen molar-refractivity contribution in [2.24, 2.45) is 0 Å². The first-order chi connectivity index (χ1) is 6.35. The van der Waals surface area contributed by atoms with Crippen LogP contribution in [0, 0.1) is 0 Å². The molecular formula is C8H10N2O2S. The second-order valence-electron chi connectivity index (χ2n) is 2.83. The van der Waals surface area contributed by atoms with Gasteiger partial charge in [0.2, 0.25) is 0 Å². The van der Waals surface area contributed by atoms with Crippen molar-refractivity contribution in [2.45, 2.75) is 6.42 Å². The molecule has 1 aliphatic heterocycles. The van der Waals surface area contributed by atoms with Crippen molar-refractivity contribution in [2.75, 3.05) is 25.1 Å². The number of rotatable bonds is 3. The van der Waals surface area contributed by atoms with Gasteiger partial charge in [-0.15, -0.1) is 0 Å². The Morgan fingerprint density at radius 3 is 2.85 bits per heavy atom. The van der Waals surface area contributed by atoms with E-state index >= 15 is 0 Å². The molecule has 0 N–H and O–H groups in total. The third-order valence-electron chi connectivity index (χ3n) is 2.05. The maximum Gasteiger partial charge on any atom is 0.275 e. The molecule has 1 aromatic rings. The molecule has 1 saturated heterocycles. The van der Waals surface area contributed by atoms with Crippen LogP contribution in [0.5, 0.6) is 5.19 Å². The Hall–Kier alpha value is -1.10.